The SMILES string of the molecule is CC1C=C(Oc2ccc(-c3nn(C[C@@H]4CCCN4C(=O)/C(C#N)=C/CC(C)(C)N(C)C4COC4)c4ncnc(N)c34)c(F)c2)C=CC1. The number of nitrogen functional groups attached to an aromatic ring is 1. The number of likely N-dealkylation sites (tertiary alicyclic amines) is 1. The van der Waals surface area contributed by atoms with Gasteiger partial charge >= 0.3 is 0 Å². The number of carbonyl (C=O) groups is 1. The van der Waals surface area contributed by atoms with Crippen LogP contribution in [0, 0.1) is 23.1 Å². The fraction of sp³-hybridized carbons (Fsp3) is 0.457. The molecule has 1 amide bonds. The monoisotopic (exact) mass is 640 g/mol. The van der Waals surface area contributed by atoms with E-state index in [0.29, 0.717) is 72.9 Å². The van der Waals surface area contributed by atoms with Crippen molar-refractivity contribution in [2.45, 2.75) is 70.6 Å². The van der Waals surface area contributed by atoms with Crippen LogP contribution in [0.4, 0.5) is 10.2 Å². The van der Waals surface area contributed by atoms with Gasteiger partial charge in [0, 0.05) is 23.7 Å². The Balaban J connectivity index is 1.23. The summed E-state index contributed by atoms with van der Waals surface area (Å²) in [6, 6.07) is 6.88. The van der Waals surface area contributed by atoms with Crippen LogP contribution in [0.25, 0.3) is 22.3 Å². The van der Waals surface area contributed by atoms with Crippen LogP contribution < -0.4 is 10.5 Å². The van der Waals surface area contributed by atoms with Gasteiger partial charge in [-0.25, -0.2) is 19.0 Å². The summed E-state index contributed by atoms with van der Waals surface area (Å²) in [5.41, 5.74) is 7.16. The van der Waals surface area contributed by atoms with Gasteiger partial charge in [-0.3, -0.25) is 9.69 Å². The van der Waals surface area contributed by atoms with Gasteiger partial charge in [0.15, 0.2) is 5.65 Å². The van der Waals surface area contributed by atoms with Crippen molar-refractivity contribution in [3.8, 4) is 23.1 Å². The predicted octanol–water partition coefficient (Wildman–Crippen LogP) is 5.01. The lowest BCUT2D eigenvalue weighted by Crippen LogP contribution is -2.55. The second-order valence-corrected chi connectivity index (χ2v) is 13.3. The summed E-state index contributed by atoms with van der Waals surface area (Å²) in [5.74, 6) is 0.747. The normalized spacial score (nSPS) is 20.4. The Morgan fingerprint density at radius 2 is 2.13 bits per heavy atom. The third kappa shape index (κ3) is 6.64. The first-order valence-electron chi connectivity index (χ1n) is 16.1. The van der Waals surface area contributed by atoms with E-state index in [4.69, 9.17) is 20.3 Å². The molecule has 2 aliphatic heterocycles. The van der Waals surface area contributed by atoms with Crippen LogP contribution in [0.5, 0.6) is 5.75 Å². The average Bonchev–Trinajstić information content (AvgIpc) is 3.62. The highest BCUT2D eigenvalue weighted by Crippen LogP contribution is 2.35. The largest absolute Gasteiger partial charge is 0.458 e. The maximum absolute atomic E-state index is 15.7. The number of halogens is 1. The molecule has 1 aromatic carbocycles. The van der Waals surface area contributed by atoms with E-state index < -0.39 is 5.82 Å². The van der Waals surface area contributed by atoms with Gasteiger partial charge < -0.3 is 20.1 Å². The first kappa shape index (κ1) is 32.3. The Labute approximate surface area is 274 Å². The Bertz CT molecular complexity index is 1800. The first-order chi connectivity index (χ1) is 22.6. The standard InChI is InChI=1S/C35H41FN8O3/c1-22-7-5-9-26(15-22)47-27-10-11-28(29(36)16-27)31-30-32(38)39-21-40-33(30)44(41-31)18-24-8-6-14-43(24)34(45)23(17-37)12-13-35(2,3)42(4)25-19-46-20-25/h5,9-12,15-16,21-22,24-25H,6-8,13-14,18-20H2,1-4H3,(H2,38,39,40)/b23-12+/t22?,24-/m0/s1. The highest BCUT2D eigenvalue weighted by molar-refractivity contribution is 5.99. The van der Waals surface area contributed by atoms with Crippen molar-refractivity contribution in [3.63, 3.8) is 0 Å². The summed E-state index contributed by atoms with van der Waals surface area (Å²) in [6.45, 7) is 8.49. The molecule has 3 aromatic rings. The number of hydrogen-bond acceptors (Lipinski definition) is 9. The molecule has 0 saturated carbocycles. The van der Waals surface area contributed by atoms with Crippen molar-refractivity contribution in [2.75, 3.05) is 32.5 Å². The molecule has 6 rings (SSSR count). The number of amides is 1. The van der Waals surface area contributed by atoms with Crippen LogP contribution in [0.2, 0.25) is 0 Å². The number of nitrogens with zero attached hydrogens (tertiary/aromatic N) is 7. The van der Waals surface area contributed by atoms with Gasteiger partial charge in [-0.15, -0.1) is 0 Å². The molecule has 3 aliphatic rings. The highest BCUT2D eigenvalue weighted by atomic mass is 19.1. The Morgan fingerprint density at radius 3 is 2.83 bits per heavy atom. The summed E-state index contributed by atoms with van der Waals surface area (Å²) in [5, 5.41) is 15.2. The third-order valence-corrected chi connectivity index (χ3v) is 9.53. The topological polar surface area (TPSA) is 135 Å². The molecule has 47 heavy (non-hydrogen) atoms. The average molecular weight is 641 g/mol. The zero-order valence-electron chi connectivity index (χ0n) is 27.3. The lowest BCUT2D eigenvalue weighted by molar-refractivity contribution is -0.127. The van der Waals surface area contributed by atoms with E-state index in [1.54, 1.807) is 27.8 Å². The third-order valence-electron chi connectivity index (χ3n) is 9.53. The lowest BCUT2D eigenvalue weighted by atomic mass is 9.94. The van der Waals surface area contributed by atoms with Gasteiger partial charge in [0.05, 0.1) is 37.2 Å². The van der Waals surface area contributed by atoms with E-state index >= 15 is 4.39 Å². The Kier molecular flexibility index (Phi) is 9.12. The number of nitriles is 1. The van der Waals surface area contributed by atoms with Crippen LogP contribution in [-0.2, 0) is 16.1 Å². The molecule has 12 heteroatoms. The molecular formula is C35H41FN8O3. The second kappa shape index (κ2) is 13.3. The van der Waals surface area contributed by atoms with Gasteiger partial charge in [0.25, 0.3) is 5.91 Å². The zero-order chi connectivity index (χ0) is 33.3. The van der Waals surface area contributed by atoms with Crippen LogP contribution in [0.1, 0.15) is 46.5 Å². The van der Waals surface area contributed by atoms with Gasteiger partial charge in [-0.1, -0.05) is 19.1 Å². The smallest absolute Gasteiger partial charge is 0.264 e. The molecule has 1 unspecified atom stereocenters. The number of nitrogens with two attached hydrogens (primary N) is 1. The zero-order valence-corrected chi connectivity index (χ0v) is 27.3. The van der Waals surface area contributed by atoms with Crippen LogP contribution in [-0.4, -0.2) is 79.9 Å². The number of fused-ring (bicyclic) bond motifs is 1. The van der Waals surface area contributed by atoms with Crippen molar-refractivity contribution < 1.29 is 18.7 Å². The number of ether oxygens (including phenoxy) is 2. The van der Waals surface area contributed by atoms with E-state index in [2.05, 4.69) is 41.7 Å². The summed E-state index contributed by atoms with van der Waals surface area (Å²) in [6.07, 6.45) is 12.0. The molecule has 2 fully saturated rings. The molecule has 246 valence electrons. The fourth-order valence-corrected chi connectivity index (χ4v) is 6.37. The molecule has 0 bridgehead atoms. The van der Waals surface area contributed by atoms with E-state index in [0.717, 1.165) is 19.3 Å². The molecule has 1 aliphatic carbocycles. The number of rotatable bonds is 10. The predicted molar refractivity (Wildman–Crippen MR) is 176 cm³/mol. The van der Waals surface area contributed by atoms with Crippen molar-refractivity contribution in [1.29, 1.82) is 5.26 Å². The summed E-state index contributed by atoms with van der Waals surface area (Å²) in [4.78, 5) is 26.3. The number of hydrogen-bond donors (Lipinski definition) is 1. The number of allylic oxidation sites excluding steroid dienone is 3. The van der Waals surface area contributed by atoms with Gasteiger partial charge in [-0.2, -0.15) is 10.4 Å². The molecule has 2 aromatic heterocycles. The molecule has 0 radical (unpaired) electrons. The van der Waals surface area contributed by atoms with E-state index in [9.17, 15) is 10.1 Å². The van der Waals surface area contributed by atoms with Crippen LogP contribution >= 0.6 is 0 Å². The Morgan fingerprint density at radius 1 is 1.32 bits per heavy atom. The van der Waals surface area contributed by atoms with Crippen molar-refractivity contribution in [3.05, 3.63) is 66.0 Å². The second-order valence-electron chi connectivity index (χ2n) is 13.3. The number of carbonyl (C=O) groups excluding carboxylic acids is 1. The van der Waals surface area contributed by atoms with E-state index in [1.165, 1.54) is 12.4 Å². The molecule has 2 N–H and O–H groups in total. The summed E-state index contributed by atoms with van der Waals surface area (Å²) in [7, 11) is 2.05. The minimum atomic E-state index is -0.523. The number of likely N-dealkylation sites (N-methyl/N-ethyl adjacent to an activating group) is 1. The molecule has 2 atom stereocenters. The number of aromatic nitrogens is 4. The maximum atomic E-state index is 15.7. The van der Waals surface area contributed by atoms with Crippen LogP contribution in [0.15, 0.2) is 60.2 Å². The minimum absolute atomic E-state index is 0.124. The molecular weight excluding hydrogens is 599 g/mol. The lowest BCUT2D eigenvalue weighted by Gasteiger charge is -2.44. The quantitative estimate of drug-likeness (QED) is 0.240. The minimum Gasteiger partial charge on any atom is -0.458 e. The van der Waals surface area contributed by atoms with Gasteiger partial charge in [-0.05, 0) is 76.8 Å². The fourth-order valence-electron chi connectivity index (χ4n) is 6.37. The molecule has 11 nitrogen and oxygen atoms in total. The number of anilines is 1. The first-order valence-corrected chi connectivity index (χ1v) is 16.1. The van der Waals surface area contributed by atoms with Crippen LogP contribution in [0.3, 0.4) is 0 Å². The van der Waals surface area contributed by atoms with E-state index in [-0.39, 0.29) is 34.4 Å². The molecule has 4 heterocycles. The highest BCUT2D eigenvalue weighted by Gasteiger charge is 2.35. The maximum Gasteiger partial charge on any atom is 0.264 e. The number of benzene rings is 1. The van der Waals surface area contributed by atoms with Gasteiger partial charge in [0.2, 0.25) is 0 Å². The summed E-state index contributed by atoms with van der Waals surface area (Å²) >= 11 is 0. The summed E-state index contributed by atoms with van der Waals surface area (Å²) < 4.78 is 28.6. The van der Waals surface area contributed by atoms with E-state index in [1.807, 2.05) is 25.3 Å². The van der Waals surface area contributed by atoms with Crippen molar-refractivity contribution in [2.24, 2.45) is 5.92 Å². The Hall–Kier alpha value is -4.60. The van der Waals surface area contributed by atoms with Crippen molar-refractivity contribution in [1.82, 2.24) is 29.5 Å². The molecule has 2 saturated heterocycles. The van der Waals surface area contributed by atoms with Crippen molar-refractivity contribution >= 4 is 22.8 Å². The van der Waals surface area contributed by atoms with Gasteiger partial charge in [0.1, 0.15) is 46.8 Å². The molecule has 0 spiro atoms.